The summed E-state index contributed by atoms with van der Waals surface area (Å²) in [6.07, 6.45) is 2.02. The number of amides is 1. The largest absolute Gasteiger partial charge is 0.383 e. The topological polar surface area (TPSA) is 104 Å². The Morgan fingerprint density at radius 1 is 1.21 bits per heavy atom. The van der Waals surface area contributed by atoms with Crippen molar-refractivity contribution in [3.63, 3.8) is 0 Å². The summed E-state index contributed by atoms with van der Waals surface area (Å²) in [5, 5.41) is 2.05. The fourth-order valence-electron chi connectivity index (χ4n) is 4.52. The molecule has 4 rings (SSSR count). The van der Waals surface area contributed by atoms with Crippen molar-refractivity contribution in [2.24, 2.45) is 5.92 Å². The first-order chi connectivity index (χ1) is 16.3. The minimum absolute atomic E-state index is 0.00262. The number of anilines is 2. The molecule has 1 amide bonds. The number of likely N-dealkylation sites (tertiary alicyclic amines) is 1. The molecule has 3 N–H and O–H groups in total. The summed E-state index contributed by atoms with van der Waals surface area (Å²) in [6, 6.07) is 13.7. The summed E-state index contributed by atoms with van der Waals surface area (Å²) >= 11 is 1.70. The molecule has 1 aliphatic heterocycles. The van der Waals surface area contributed by atoms with Gasteiger partial charge in [0, 0.05) is 17.5 Å². The van der Waals surface area contributed by atoms with E-state index < -0.39 is 11.2 Å². The summed E-state index contributed by atoms with van der Waals surface area (Å²) in [5.74, 6) is -0.0916. The Labute approximate surface area is 202 Å². The van der Waals surface area contributed by atoms with Crippen molar-refractivity contribution in [3.05, 3.63) is 79.1 Å². The Morgan fingerprint density at radius 3 is 2.65 bits per heavy atom. The van der Waals surface area contributed by atoms with Gasteiger partial charge in [-0.25, -0.2) is 4.79 Å². The first-order valence-corrected chi connectivity index (χ1v) is 12.5. The number of nitrogen functional groups attached to an aromatic ring is 1. The van der Waals surface area contributed by atoms with Crippen LogP contribution in [-0.2, 0) is 11.3 Å². The van der Waals surface area contributed by atoms with Gasteiger partial charge in [-0.2, -0.15) is 0 Å². The molecule has 0 saturated carbocycles. The van der Waals surface area contributed by atoms with Gasteiger partial charge in [-0.05, 0) is 42.3 Å². The van der Waals surface area contributed by atoms with E-state index in [4.69, 9.17) is 5.73 Å². The molecule has 34 heavy (non-hydrogen) atoms. The zero-order chi connectivity index (χ0) is 24.2. The lowest BCUT2D eigenvalue weighted by molar-refractivity contribution is -0.120. The van der Waals surface area contributed by atoms with Crippen molar-refractivity contribution in [1.29, 1.82) is 0 Å². The lowest BCUT2D eigenvalue weighted by atomic mass is 10.1. The van der Waals surface area contributed by atoms with E-state index in [0.717, 1.165) is 24.9 Å². The zero-order valence-corrected chi connectivity index (χ0v) is 20.4. The summed E-state index contributed by atoms with van der Waals surface area (Å²) in [4.78, 5) is 46.4. The van der Waals surface area contributed by atoms with Crippen LogP contribution in [-0.4, -0.2) is 40.0 Å². The molecule has 0 unspecified atom stereocenters. The number of thiophene rings is 1. The van der Waals surface area contributed by atoms with Gasteiger partial charge in [0.1, 0.15) is 5.82 Å². The van der Waals surface area contributed by atoms with Gasteiger partial charge in [0.25, 0.3) is 5.56 Å². The molecule has 0 aliphatic carbocycles. The SMILES string of the molecule is CC(C)CN(C(=O)CN1CCC[C@H]1c1cccs1)c1c(N)n(Cc2ccccc2)c(=O)[nH]c1=O. The van der Waals surface area contributed by atoms with Crippen molar-refractivity contribution in [1.82, 2.24) is 14.5 Å². The van der Waals surface area contributed by atoms with Crippen LogP contribution in [0.1, 0.15) is 43.2 Å². The van der Waals surface area contributed by atoms with Crippen LogP contribution >= 0.6 is 11.3 Å². The van der Waals surface area contributed by atoms with Crippen molar-refractivity contribution in [3.8, 4) is 0 Å². The highest BCUT2D eigenvalue weighted by Gasteiger charge is 2.32. The van der Waals surface area contributed by atoms with E-state index in [2.05, 4.69) is 21.3 Å². The van der Waals surface area contributed by atoms with Crippen LogP contribution in [0.3, 0.4) is 0 Å². The standard InChI is InChI=1S/C25H31N5O3S/c1-17(2)14-29(21(31)16-28-12-6-10-19(28)20-11-7-13-34-20)22-23(26)30(25(33)27-24(22)32)15-18-8-4-3-5-9-18/h3-5,7-9,11,13,17,19H,6,10,12,14-16,26H2,1-2H3,(H,27,32,33)/t19-/m0/s1. The van der Waals surface area contributed by atoms with Crippen LogP contribution in [0.15, 0.2) is 57.4 Å². The second kappa shape index (κ2) is 10.4. The summed E-state index contributed by atoms with van der Waals surface area (Å²) in [6.45, 7) is 5.50. The van der Waals surface area contributed by atoms with Gasteiger partial charge in [0.2, 0.25) is 5.91 Å². The van der Waals surface area contributed by atoms with Gasteiger partial charge in [0.05, 0.1) is 13.1 Å². The highest BCUT2D eigenvalue weighted by Crippen LogP contribution is 2.34. The Kier molecular flexibility index (Phi) is 7.33. The average Bonchev–Trinajstić information content (AvgIpc) is 3.48. The predicted octanol–water partition coefficient (Wildman–Crippen LogP) is 3.05. The van der Waals surface area contributed by atoms with Gasteiger partial charge in [0.15, 0.2) is 5.69 Å². The molecule has 3 aromatic rings. The van der Waals surface area contributed by atoms with Gasteiger partial charge in [-0.15, -0.1) is 11.3 Å². The minimum Gasteiger partial charge on any atom is -0.383 e. The number of hydrogen-bond acceptors (Lipinski definition) is 6. The number of carbonyl (C=O) groups is 1. The van der Waals surface area contributed by atoms with E-state index in [1.54, 1.807) is 11.3 Å². The third kappa shape index (κ3) is 5.15. The molecule has 1 atom stereocenters. The molecule has 1 aliphatic rings. The number of carbonyl (C=O) groups excluding carboxylic acids is 1. The fourth-order valence-corrected chi connectivity index (χ4v) is 5.42. The van der Waals surface area contributed by atoms with E-state index in [0.29, 0.717) is 6.54 Å². The molecule has 0 spiro atoms. The third-order valence-corrected chi connectivity index (χ3v) is 7.06. The molecule has 180 valence electrons. The maximum Gasteiger partial charge on any atom is 0.330 e. The number of nitrogens with zero attached hydrogens (tertiary/aromatic N) is 3. The zero-order valence-electron chi connectivity index (χ0n) is 19.6. The van der Waals surface area contributed by atoms with Crippen molar-refractivity contribution in [2.45, 2.75) is 39.3 Å². The normalized spacial score (nSPS) is 16.3. The van der Waals surface area contributed by atoms with E-state index in [1.165, 1.54) is 14.3 Å². The number of H-pyrrole nitrogens is 1. The molecule has 1 fully saturated rings. The number of aromatic amines is 1. The quantitative estimate of drug-likeness (QED) is 0.515. The number of benzene rings is 1. The van der Waals surface area contributed by atoms with E-state index in [1.807, 2.05) is 50.2 Å². The summed E-state index contributed by atoms with van der Waals surface area (Å²) < 4.78 is 1.32. The average molecular weight is 482 g/mol. The maximum absolute atomic E-state index is 13.6. The number of rotatable bonds is 8. The van der Waals surface area contributed by atoms with Crippen molar-refractivity contribution < 1.29 is 4.79 Å². The first-order valence-electron chi connectivity index (χ1n) is 11.6. The minimum atomic E-state index is -0.642. The first kappa shape index (κ1) is 24.0. The van der Waals surface area contributed by atoms with Gasteiger partial charge >= 0.3 is 5.69 Å². The lowest BCUT2D eigenvalue weighted by Gasteiger charge is -2.30. The van der Waals surface area contributed by atoms with E-state index in [-0.39, 0.29) is 42.5 Å². The molecule has 2 aromatic heterocycles. The van der Waals surface area contributed by atoms with Crippen LogP contribution in [0, 0.1) is 5.92 Å². The Bertz CT molecular complexity index is 1230. The van der Waals surface area contributed by atoms with Crippen LogP contribution < -0.4 is 21.9 Å². The Balaban J connectivity index is 1.67. The van der Waals surface area contributed by atoms with Crippen LogP contribution in [0.5, 0.6) is 0 Å². The number of aromatic nitrogens is 2. The predicted molar refractivity (Wildman–Crippen MR) is 136 cm³/mol. The smallest absolute Gasteiger partial charge is 0.330 e. The summed E-state index contributed by atoms with van der Waals surface area (Å²) in [5.41, 5.74) is 6.07. The van der Waals surface area contributed by atoms with E-state index in [9.17, 15) is 14.4 Å². The highest BCUT2D eigenvalue weighted by molar-refractivity contribution is 7.10. The monoisotopic (exact) mass is 481 g/mol. The molecule has 0 radical (unpaired) electrons. The van der Waals surface area contributed by atoms with Gasteiger partial charge in [-0.1, -0.05) is 50.2 Å². The highest BCUT2D eigenvalue weighted by atomic mass is 32.1. The fraction of sp³-hybridized carbons (Fsp3) is 0.400. The second-order valence-corrected chi connectivity index (χ2v) is 10.1. The number of nitrogens with two attached hydrogens (primary N) is 1. The van der Waals surface area contributed by atoms with Crippen LogP contribution in [0.4, 0.5) is 11.5 Å². The van der Waals surface area contributed by atoms with E-state index >= 15 is 0 Å². The second-order valence-electron chi connectivity index (χ2n) is 9.11. The number of hydrogen-bond donors (Lipinski definition) is 2. The molecular formula is C25H31N5O3S. The molecule has 0 bridgehead atoms. The van der Waals surface area contributed by atoms with Crippen molar-refractivity contribution >= 4 is 28.7 Å². The third-order valence-electron chi connectivity index (χ3n) is 6.09. The maximum atomic E-state index is 13.6. The molecule has 1 saturated heterocycles. The summed E-state index contributed by atoms with van der Waals surface area (Å²) in [7, 11) is 0. The number of nitrogens with one attached hydrogen (secondary N) is 1. The van der Waals surface area contributed by atoms with Crippen LogP contribution in [0.25, 0.3) is 0 Å². The van der Waals surface area contributed by atoms with Gasteiger partial charge < -0.3 is 10.6 Å². The molecule has 9 heteroatoms. The lowest BCUT2D eigenvalue weighted by Crippen LogP contribution is -2.46. The molecule has 3 heterocycles. The van der Waals surface area contributed by atoms with Crippen molar-refractivity contribution in [2.75, 3.05) is 30.3 Å². The Morgan fingerprint density at radius 2 is 1.97 bits per heavy atom. The van der Waals surface area contributed by atoms with Gasteiger partial charge in [-0.3, -0.25) is 24.0 Å². The van der Waals surface area contributed by atoms with Crippen LogP contribution in [0.2, 0.25) is 0 Å². The molecular weight excluding hydrogens is 450 g/mol. The molecule has 8 nitrogen and oxygen atoms in total. The molecule has 1 aromatic carbocycles. The Hall–Kier alpha value is -3.17.